The molecule has 4 heteroatoms. The molecule has 1 N–H and O–H groups in total. The van der Waals surface area contributed by atoms with Gasteiger partial charge < -0.3 is 10.1 Å². The monoisotopic (exact) mass is 284 g/mol. The summed E-state index contributed by atoms with van der Waals surface area (Å²) in [5, 5.41) is 4.95. The van der Waals surface area contributed by atoms with Crippen molar-refractivity contribution < 1.29 is 9.53 Å². The number of hydrogen-bond donors (Lipinski definition) is 1. The van der Waals surface area contributed by atoms with Gasteiger partial charge in [0.25, 0.3) is 0 Å². The Morgan fingerprint density at radius 3 is 2.86 bits per heavy atom. The number of hydrogen-bond acceptors (Lipinski definition) is 3. The minimum Gasteiger partial charge on any atom is -0.444 e. The number of ether oxygens (including phenoxy) is 1. The molecule has 21 heavy (non-hydrogen) atoms. The lowest BCUT2D eigenvalue weighted by molar-refractivity contribution is 0.0534. The van der Waals surface area contributed by atoms with Crippen molar-refractivity contribution in [2.24, 2.45) is 0 Å². The average Bonchev–Trinajstić information content (AvgIpc) is 2.41. The molecule has 0 saturated heterocycles. The zero-order valence-electron chi connectivity index (χ0n) is 12.6. The number of pyridine rings is 1. The van der Waals surface area contributed by atoms with Gasteiger partial charge >= 0.3 is 6.09 Å². The Hall–Kier alpha value is -2.36. The van der Waals surface area contributed by atoms with E-state index in [0.29, 0.717) is 6.54 Å². The molecule has 0 bridgehead atoms. The summed E-state index contributed by atoms with van der Waals surface area (Å²) >= 11 is 0. The van der Waals surface area contributed by atoms with Crippen LogP contribution in [0.25, 0.3) is 16.8 Å². The first-order valence-corrected chi connectivity index (χ1v) is 6.91. The molecule has 2 rings (SSSR count). The number of benzene rings is 1. The predicted octanol–water partition coefficient (Wildman–Crippen LogP) is 3.77. The molecular weight excluding hydrogens is 264 g/mol. The first-order valence-electron chi connectivity index (χ1n) is 6.91. The van der Waals surface area contributed by atoms with Gasteiger partial charge in [-0.05, 0) is 43.9 Å². The third kappa shape index (κ3) is 4.91. The van der Waals surface area contributed by atoms with Crippen LogP contribution in [0.15, 0.2) is 42.7 Å². The first kappa shape index (κ1) is 15.0. The Morgan fingerprint density at radius 2 is 2.10 bits per heavy atom. The molecule has 0 spiro atoms. The maximum atomic E-state index is 11.5. The summed E-state index contributed by atoms with van der Waals surface area (Å²) in [7, 11) is 0. The number of carbonyl (C=O) groups excluding carboxylic acids is 1. The third-order valence-electron chi connectivity index (χ3n) is 2.74. The highest BCUT2D eigenvalue weighted by atomic mass is 16.6. The molecule has 0 radical (unpaired) electrons. The van der Waals surface area contributed by atoms with Gasteiger partial charge in [-0.3, -0.25) is 4.98 Å². The van der Waals surface area contributed by atoms with Crippen molar-refractivity contribution in [1.29, 1.82) is 0 Å². The summed E-state index contributed by atoms with van der Waals surface area (Å²) in [5.74, 6) is 0. The Balaban J connectivity index is 1.90. The van der Waals surface area contributed by atoms with Crippen LogP contribution in [0.3, 0.4) is 0 Å². The van der Waals surface area contributed by atoms with Crippen molar-refractivity contribution in [3.8, 4) is 0 Å². The normalized spacial score (nSPS) is 11.8. The molecule has 1 heterocycles. The number of carbonyl (C=O) groups is 1. The highest BCUT2D eigenvalue weighted by Gasteiger charge is 2.14. The van der Waals surface area contributed by atoms with Crippen LogP contribution in [0.4, 0.5) is 4.79 Å². The van der Waals surface area contributed by atoms with E-state index in [4.69, 9.17) is 4.74 Å². The number of alkyl carbamates (subject to hydrolysis) is 1. The SMILES string of the molecule is CC(C)(C)OC(=O)NCC=Cc1ccc2cnccc2c1. The fourth-order valence-corrected chi connectivity index (χ4v) is 1.86. The van der Waals surface area contributed by atoms with Gasteiger partial charge in [0.1, 0.15) is 5.60 Å². The van der Waals surface area contributed by atoms with Gasteiger partial charge in [-0.25, -0.2) is 4.79 Å². The van der Waals surface area contributed by atoms with E-state index in [1.807, 2.05) is 57.3 Å². The maximum absolute atomic E-state index is 11.5. The fourth-order valence-electron chi connectivity index (χ4n) is 1.86. The van der Waals surface area contributed by atoms with Crippen LogP contribution in [-0.4, -0.2) is 23.2 Å². The van der Waals surface area contributed by atoms with Crippen molar-refractivity contribution in [2.45, 2.75) is 26.4 Å². The standard InChI is InChI=1S/C17H20N2O2/c1-17(2,3)21-16(20)19-9-4-5-13-6-7-15-12-18-10-8-14(15)11-13/h4-8,10-12H,9H2,1-3H3,(H,19,20). The minimum absolute atomic E-state index is 0.406. The predicted molar refractivity (Wildman–Crippen MR) is 85.0 cm³/mol. The topological polar surface area (TPSA) is 51.2 Å². The lowest BCUT2D eigenvalue weighted by Gasteiger charge is -2.19. The smallest absolute Gasteiger partial charge is 0.407 e. The summed E-state index contributed by atoms with van der Waals surface area (Å²) in [6.45, 7) is 5.95. The first-order chi connectivity index (χ1) is 9.94. The summed E-state index contributed by atoms with van der Waals surface area (Å²) in [6, 6.07) is 8.11. The Labute approximate surface area is 124 Å². The molecule has 0 aliphatic heterocycles. The van der Waals surface area contributed by atoms with E-state index >= 15 is 0 Å². The van der Waals surface area contributed by atoms with Crippen molar-refractivity contribution in [3.63, 3.8) is 0 Å². The molecular formula is C17H20N2O2. The third-order valence-corrected chi connectivity index (χ3v) is 2.74. The summed E-state index contributed by atoms with van der Waals surface area (Å²) < 4.78 is 5.16. The van der Waals surface area contributed by atoms with Gasteiger partial charge in [-0.15, -0.1) is 0 Å². The second-order valence-corrected chi connectivity index (χ2v) is 5.77. The number of rotatable bonds is 3. The molecule has 0 unspecified atom stereocenters. The van der Waals surface area contributed by atoms with Gasteiger partial charge in [0, 0.05) is 24.3 Å². The minimum atomic E-state index is -0.472. The molecule has 0 fully saturated rings. The average molecular weight is 284 g/mol. The van der Waals surface area contributed by atoms with Crippen LogP contribution in [-0.2, 0) is 4.74 Å². The zero-order valence-corrected chi connectivity index (χ0v) is 12.6. The number of aromatic nitrogens is 1. The van der Waals surface area contributed by atoms with E-state index in [9.17, 15) is 4.79 Å². The van der Waals surface area contributed by atoms with Crippen LogP contribution >= 0.6 is 0 Å². The summed E-state index contributed by atoms with van der Waals surface area (Å²) in [6.07, 6.45) is 7.08. The van der Waals surface area contributed by atoms with Crippen LogP contribution in [0.2, 0.25) is 0 Å². The van der Waals surface area contributed by atoms with E-state index in [1.165, 1.54) is 0 Å². The van der Waals surface area contributed by atoms with Crippen LogP contribution in [0.1, 0.15) is 26.3 Å². The summed E-state index contributed by atoms with van der Waals surface area (Å²) in [4.78, 5) is 15.6. The molecule has 1 aromatic heterocycles. The van der Waals surface area contributed by atoms with E-state index in [-0.39, 0.29) is 0 Å². The van der Waals surface area contributed by atoms with Crippen LogP contribution < -0.4 is 5.32 Å². The summed E-state index contributed by atoms with van der Waals surface area (Å²) in [5.41, 5.74) is 0.611. The fraction of sp³-hybridized carbons (Fsp3) is 0.294. The van der Waals surface area contributed by atoms with Gasteiger partial charge in [-0.2, -0.15) is 0 Å². The van der Waals surface area contributed by atoms with Crippen LogP contribution in [0.5, 0.6) is 0 Å². The number of nitrogens with zero attached hydrogens (tertiary/aromatic N) is 1. The molecule has 4 nitrogen and oxygen atoms in total. The van der Waals surface area contributed by atoms with Crippen LogP contribution in [0, 0.1) is 0 Å². The lowest BCUT2D eigenvalue weighted by atomic mass is 10.1. The molecule has 2 aromatic rings. The molecule has 1 aromatic carbocycles. The van der Waals surface area contributed by atoms with Gasteiger partial charge in [-0.1, -0.05) is 24.3 Å². The largest absolute Gasteiger partial charge is 0.444 e. The van der Waals surface area contributed by atoms with Gasteiger partial charge in [0.2, 0.25) is 0 Å². The quantitative estimate of drug-likeness (QED) is 0.933. The molecule has 0 aliphatic rings. The van der Waals surface area contributed by atoms with E-state index in [1.54, 1.807) is 6.20 Å². The van der Waals surface area contributed by atoms with E-state index in [0.717, 1.165) is 16.3 Å². The lowest BCUT2D eigenvalue weighted by Crippen LogP contribution is -2.32. The second kappa shape index (κ2) is 6.39. The maximum Gasteiger partial charge on any atom is 0.407 e. The Bertz CT molecular complexity index is 657. The zero-order chi connectivity index (χ0) is 15.3. The number of nitrogens with one attached hydrogen (secondary N) is 1. The van der Waals surface area contributed by atoms with Gasteiger partial charge in [0.05, 0.1) is 0 Å². The second-order valence-electron chi connectivity index (χ2n) is 5.77. The molecule has 0 aliphatic carbocycles. The van der Waals surface area contributed by atoms with E-state index < -0.39 is 11.7 Å². The van der Waals surface area contributed by atoms with Crippen molar-refractivity contribution in [3.05, 3.63) is 48.3 Å². The Kier molecular flexibility index (Phi) is 4.58. The number of fused-ring (bicyclic) bond motifs is 1. The van der Waals surface area contributed by atoms with Gasteiger partial charge in [0.15, 0.2) is 0 Å². The van der Waals surface area contributed by atoms with Crippen molar-refractivity contribution in [2.75, 3.05) is 6.54 Å². The highest BCUT2D eigenvalue weighted by Crippen LogP contribution is 2.15. The number of amides is 1. The molecule has 110 valence electrons. The molecule has 0 atom stereocenters. The van der Waals surface area contributed by atoms with Crippen molar-refractivity contribution >= 4 is 22.9 Å². The van der Waals surface area contributed by atoms with E-state index in [2.05, 4.69) is 16.4 Å². The molecule has 0 saturated carbocycles. The molecule has 1 amide bonds. The Morgan fingerprint density at radius 1 is 1.29 bits per heavy atom. The van der Waals surface area contributed by atoms with Crippen molar-refractivity contribution in [1.82, 2.24) is 10.3 Å². The highest BCUT2D eigenvalue weighted by molar-refractivity contribution is 5.83.